The Balaban J connectivity index is 0.000000490. The minimum atomic E-state index is 0. The zero-order valence-electron chi connectivity index (χ0n) is 4.48. The van der Waals surface area contributed by atoms with Gasteiger partial charge < -0.3 is 0 Å². The van der Waals surface area contributed by atoms with Crippen molar-refractivity contribution in [3.63, 3.8) is 0 Å². The summed E-state index contributed by atoms with van der Waals surface area (Å²) in [5.74, 6) is 5.06. The van der Waals surface area contributed by atoms with E-state index in [1.165, 1.54) is 0 Å². The van der Waals surface area contributed by atoms with Gasteiger partial charge >= 0.3 is 0 Å². The summed E-state index contributed by atoms with van der Waals surface area (Å²) in [5, 5.41) is 6.12. The quantitative estimate of drug-likeness (QED) is 0.295. The minimum Gasteiger partial charge on any atom is -0.287 e. The van der Waals surface area contributed by atoms with Crippen LogP contribution in [-0.2, 0) is 0 Å². The van der Waals surface area contributed by atoms with Crippen LogP contribution in [0.5, 0.6) is 0 Å². The number of hydrazine groups is 1. The first kappa shape index (κ1) is 8.32. The van der Waals surface area contributed by atoms with Crippen molar-refractivity contribution in [2.75, 3.05) is 13.1 Å². The van der Waals surface area contributed by atoms with Crippen molar-refractivity contribution in [1.82, 2.24) is 16.1 Å². The first-order chi connectivity index (χ1) is 3.43. The van der Waals surface area contributed by atoms with Crippen LogP contribution in [0.4, 0.5) is 0 Å². The molecule has 4 nitrogen and oxygen atoms in total. The summed E-state index contributed by atoms with van der Waals surface area (Å²) in [6.07, 6.45) is 0.125. The first-order valence-corrected chi connectivity index (χ1v) is 2.36. The molecule has 0 unspecified atom stereocenters. The summed E-state index contributed by atoms with van der Waals surface area (Å²) >= 11 is 0. The number of hydrogen-bond donors (Lipinski definition) is 4. The molecule has 1 saturated heterocycles. The third-order valence-corrected chi connectivity index (χ3v) is 0.989. The van der Waals surface area contributed by atoms with Crippen molar-refractivity contribution < 1.29 is 0 Å². The lowest BCUT2D eigenvalue weighted by Gasteiger charge is -2.05. The Morgan fingerprint density at radius 2 is 1.88 bits per heavy atom. The van der Waals surface area contributed by atoms with E-state index in [-0.39, 0.29) is 23.3 Å². The molecule has 1 aliphatic rings. The van der Waals surface area contributed by atoms with Gasteiger partial charge in [0.25, 0.3) is 0 Å². The molecule has 1 aliphatic heterocycles. The average molecular weight is 183 g/mol. The molecule has 0 aromatic carbocycles. The van der Waals surface area contributed by atoms with Crippen LogP contribution in [0.3, 0.4) is 0 Å². The Labute approximate surface area is 58.9 Å². The average Bonchev–Trinajstić information content (AvgIpc) is 2.14. The Hall–Kier alpha value is 0.320. The van der Waals surface area contributed by atoms with E-state index in [4.69, 9.17) is 5.84 Å². The minimum absolute atomic E-state index is 0. The molecule has 0 radical (unpaired) electrons. The smallest absolute Gasteiger partial charge is 0.124 e. The lowest BCUT2D eigenvalue weighted by Crippen LogP contribution is -2.48. The molecule has 0 aliphatic carbocycles. The van der Waals surface area contributed by atoms with Crippen LogP contribution >= 0.6 is 17.0 Å². The number of nitrogens with one attached hydrogen (secondary N) is 3. The van der Waals surface area contributed by atoms with E-state index in [9.17, 15) is 0 Å². The van der Waals surface area contributed by atoms with Crippen molar-refractivity contribution in [1.29, 1.82) is 0 Å². The molecule has 1 fully saturated rings. The summed E-state index contributed by atoms with van der Waals surface area (Å²) in [6.45, 7) is 1.99. The van der Waals surface area contributed by atoms with Gasteiger partial charge in [-0.1, -0.05) is 0 Å². The maximum Gasteiger partial charge on any atom is 0.124 e. The topological polar surface area (TPSA) is 62.1 Å². The van der Waals surface area contributed by atoms with Crippen molar-refractivity contribution in [3.05, 3.63) is 0 Å². The largest absolute Gasteiger partial charge is 0.287 e. The normalized spacial score (nSPS) is 20.6. The van der Waals surface area contributed by atoms with E-state index in [1.54, 1.807) is 0 Å². The molecular weight excluding hydrogens is 172 g/mol. The van der Waals surface area contributed by atoms with E-state index in [1.807, 2.05) is 0 Å². The van der Waals surface area contributed by atoms with E-state index in [0.29, 0.717) is 0 Å². The predicted molar refractivity (Wildman–Crippen MR) is 37.4 cm³/mol. The fourth-order valence-electron chi connectivity index (χ4n) is 0.623. The van der Waals surface area contributed by atoms with Crippen molar-refractivity contribution >= 4 is 17.0 Å². The summed E-state index contributed by atoms with van der Waals surface area (Å²) in [6, 6.07) is 0. The lowest BCUT2D eigenvalue weighted by molar-refractivity contribution is 0.457. The highest BCUT2D eigenvalue weighted by Gasteiger charge is 2.07. The van der Waals surface area contributed by atoms with Gasteiger partial charge in [-0.15, -0.1) is 17.0 Å². The highest BCUT2D eigenvalue weighted by molar-refractivity contribution is 8.93. The van der Waals surface area contributed by atoms with E-state index in [2.05, 4.69) is 16.1 Å². The van der Waals surface area contributed by atoms with Crippen LogP contribution in [0.2, 0.25) is 0 Å². The van der Waals surface area contributed by atoms with Gasteiger partial charge in [-0.25, -0.2) is 5.43 Å². The second-order valence-corrected chi connectivity index (χ2v) is 1.51. The van der Waals surface area contributed by atoms with Crippen LogP contribution in [-0.4, -0.2) is 19.4 Å². The highest BCUT2D eigenvalue weighted by Crippen LogP contribution is 1.74. The molecule has 0 saturated carbocycles. The van der Waals surface area contributed by atoms with Crippen LogP contribution < -0.4 is 21.9 Å². The second-order valence-electron chi connectivity index (χ2n) is 1.51. The van der Waals surface area contributed by atoms with Crippen LogP contribution in [0.25, 0.3) is 0 Å². The number of hydrogen-bond acceptors (Lipinski definition) is 4. The molecule has 8 heavy (non-hydrogen) atoms. The predicted octanol–water partition coefficient (Wildman–Crippen LogP) is -1.50. The molecule has 0 spiro atoms. The maximum atomic E-state index is 5.06. The Morgan fingerprint density at radius 1 is 1.38 bits per heavy atom. The van der Waals surface area contributed by atoms with Gasteiger partial charge in [0.15, 0.2) is 0 Å². The zero-order valence-corrected chi connectivity index (χ0v) is 6.19. The van der Waals surface area contributed by atoms with E-state index >= 15 is 0 Å². The maximum absolute atomic E-state index is 5.06. The molecule has 1 rings (SSSR count). The fraction of sp³-hybridized carbons (Fsp3) is 1.00. The van der Waals surface area contributed by atoms with Gasteiger partial charge in [-0.3, -0.25) is 16.5 Å². The van der Waals surface area contributed by atoms with E-state index < -0.39 is 0 Å². The van der Waals surface area contributed by atoms with Crippen molar-refractivity contribution in [2.24, 2.45) is 5.84 Å². The Bertz CT molecular complexity index is 53.2. The fourth-order valence-corrected chi connectivity index (χ4v) is 0.623. The second kappa shape index (κ2) is 4.22. The van der Waals surface area contributed by atoms with Crippen LogP contribution in [0.1, 0.15) is 0 Å². The number of halogens is 1. The third kappa shape index (κ3) is 2.06. The van der Waals surface area contributed by atoms with Gasteiger partial charge in [0.05, 0.1) is 0 Å². The molecule has 0 atom stereocenters. The standard InChI is InChI=1S/C3H10N4.BrH/c4-7-3-5-1-2-6-3;/h3,5-7H,1-2,4H2;1H. The highest BCUT2D eigenvalue weighted by atomic mass is 79.9. The summed E-state index contributed by atoms with van der Waals surface area (Å²) in [4.78, 5) is 0. The van der Waals surface area contributed by atoms with Crippen molar-refractivity contribution in [2.45, 2.75) is 6.29 Å². The monoisotopic (exact) mass is 182 g/mol. The van der Waals surface area contributed by atoms with Gasteiger partial charge in [0.2, 0.25) is 0 Å². The SMILES string of the molecule is Br.NNC1NCCN1. The van der Waals surface area contributed by atoms with Gasteiger partial charge in [-0.05, 0) is 0 Å². The molecule has 5 heteroatoms. The van der Waals surface area contributed by atoms with Crippen LogP contribution in [0.15, 0.2) is 0 Å². The summed E-state index contributed by atoms with van der Waals surface area (Å²) in [5.41, 5.74) is 2.54. The summed E-state index contributed by atoms with van der Waals surface area (Å²) in [7, 11) is 0. The molecule has 1 heterocycles. The summed E-state index contributed by atoms with van der Waals surface area (Å²) < 4.78 is 0. The van der Waals surface area contributed by atoms with Gasteiger partial charge in [-0.2, -0.15) is 0 Å². The third-order valence-electron chi connectivity index (χ3n) is 0.989. The zero-order chi connectivity index (χ0) is 5.11. The van der Waals surface area contributed by atoms with Crippen molar-refractivity contribution in [3.8, 4) is 0 Å². The van der Waals surface area contributed by atoms with E-state index in [0.717, 1.165) is 13.1 Å². The molecule has 0 amide bonds. The molecule has 0 aromatic heterocycles. The Morgan fingerprint density at radius 3 is 2.12 bits per heavy atom. The van der Waals surface area contributed by atoms with Crippen LogP contribution in [0, 0.1) is 0 Å². The molecule has 0 aromatic rings. The Kier molecular flexibility index (Phi) is 4.39. The van der Waals surface area contributed by atoms with Gasteiger partial charge in [0.1, 0.15) is 6.29 Å². The first-order valence-electron chi connectivity index (χ1n) is 2.36. The number of rotatable bonds is 1. The molecule has 5 N–H and O–H groups in total. The van der Waals surface area contributed by atoms with Gasteiger partial charge in [0, 0.05) is 13.1 Å². The number of nitrogens with two attached hydrogens (primary N) is 1. The molecular formula is C3H11BrN4. The molecule has 0 bridgehead atoms. The molecule has 50 valence electrons. The lowest BCUT2D eigenvalue weighted by atomic mass is 10.7.